The Morgan fingerprint density at radius 1 is 0.886 bits per heavy atom. The third-order valence-corrected chi connectivity index (χ3v) is 5.84. The van der Waals surface area contributed by atoms with Crippen LogP contribution in [-0.2, 0) is 19.8 Å². The number of nitrogens with zero attached hydrogens (tertiary/aromatic N) is 5. The van der Waals surface area contributed by atoms with Crippen molar-refractivity contribution in [2.24, 2.45) is 7.05 Å². The minimum atomic E-state index is -4.43. The van der Waals surface area contributed by atoms with Gasteiger partial charge in [0, 0.05) is 12.6 Å². The van der Waals surface area contributed by atoms with Gasteiger partial charge in [0.05, 0.1) is 16.6 Å². The lowest BCUT2D eigenvalue weighted by Gasteiger charge is -2.12. The Morgan fingerprint density at radius 3 is 2.34 bits per heavy atom. The Labute approximate surface area is 199 Å². The van der Waals surface area contributed by atoms with Crippen LogP contribution in [0.15, 0.2) is 66.7 Å². The molecule has 0 N–H and O–H groups in total. The van der Waals surface area contributed by atoms with Crippen molar-refractivity contribution in [2.45, 2.75) is 26.6 Å². The normalized spacial score (nSPS) is 11.8. The molecule has 35 heavy (non-hydrogen) atoms. The lowest BCUT2D eigenvalue weighted by Crippen LogP contribution is -2.09. The van der Waals surface area contributed by atoms with Crippen LogP contribution in [0.25, 0.3) is 28.4 Å². The lowest BCUT2D eigenvalue weighted by molar-refractivity contribution is -0.138. The van der Waals surface area contributed by atoms with Crippen molar-refractivity contribution in [3.05, 3.63) is 89.2 Å². The van der Waals surface area contributed by atoms with Crippen LogP contribution in [0.4, 0.5) is 13.2 Å². The number of hydrogen-bond donors (Lipinski definition) is 0. The maximum Gasteiger partial charge on any atom is 0.416 e. The van der Waals surface area contributed by atoms with E-state index in [1.807, 2.05) is 67.1 Å². The molecule has 0 fully saturated rings. The summed E-state index contributed by atoms with van der Waals surface area (Å²) in [5.74, 6) is 1.96. The molecule has 0 saturated carbocycles. The van der Waals surface area contributed by atoms with Crippen molar-refractivity contribution >= 4 is 11.0 Å². The topological polar surface area (TPSA) is 57.8 Å². The van der Waals surface area contributed by atoms with E-state index in [9.17, 15) is 13.2 Å². The van der Waals surface area contributed by atoms with E-state index in [-0.39, 0.29) is 12.2 Å². The van der Waals surface area contributed by atoms with E-state index in [0.717, 1.165) is 22.7 Å². The second-order valence-electron chi connectivity index (χ2n) is 8.30. The van der Waals surface area contributed by atoms with Crippen LogP contribution in [0.1, 0.15) is 22.5 Å². The summed E-state index contributed by atoms with van der Waals surface area (Å²) in [6, 6.07) is 19.2. The van der Waals surface area contributed by atoms with E-state index in [4.69, 9.17) is 9.72 Å². The van der Waals surface area contributed by atoms with Crippen LogP contribution in [0.3, 0.4) is 0 Å². The summed E-state index contributed by atoms with van der Waals surface area (Å²) in [6.45, 7) is 3.47. The maximum absolute atomic E-state index is 13.3. The maximum atomic E-state index is 13.3. The van der Waals surface area contributed by atoms with Gasteiger partial charge < -0.3 is 9.30 Å². The number of aryl methyl sites for hydroxylation is 3. The molecule has 0 unspecified atom stereocenters. The zero-order chi connectivity index (χ0) is 24.7. The third kappa shape index (κ3) is 4.25. The molecule has 178 valence electrons. The van der Waals surface area contributed by atoms with Gasteiger partial charge in [-0.3, -0.25) is 0 Å². The van der Waals surface area contributed by atoms with Crippen molar-refractivity contribution in [3.8, 4) is 23.1 Å². The standard InChI is InChI=1S/C26H22F3N5O/c1-16-8-4-7-11-22(16)35-15-23-31-24(18-12-13-19(17(2)14-18)26(27,28)29)34(32-23)25-30-20-9-5-6-10-21(20)33(25)3/h4-14H,15H2,1-3H3. The summed E-state index contributed by atoms with van der Waals surface area (Å²) in [7, 11) is 1.86. The van der Waals surface area contributed by atoms with Crippen LogP contribution in [-0.4, -0.2) is 24.3 Å². The molecular formula is C26H22F3N5O. The SMILES string of the molecule is Cc1ccccc1OCc1nc(-c2ccc(C(F)(F)F)c(C)c2)n(-c2nc3ccccc3n2C)n1. The second kappa shape index (κ2) is 8.57. The monoisotopic (exact) mass is 477 g/mol. The van der Waals surface area contributed by atoms with E-state index < -0.39 is 11.7 Å². The van der Waals surface area contributed by atoms with E-state index in [0.29, 0.717) is 28.9 Å². The van der Waals surface area contributed by atoms with Crippen LogP contribution >= 0.6 is 0 Å². The number of ether oxygens (including phenoxy) is 1. The predicted octanol–water partition coefficient (Wildman–Crippen LogP) is 6.04. The number of aromatic nitrogens is 5. The van der Waals surface area contributed by atoms with Crippen molar-refractivity contribution < 1.29 is 17.9 Å². The summed E-state index contributed by atoms with van der Waals surface area (Å²) < 4.78 is 49.4. The van der Waals surface area contributed by atoms with Crippen LogP contribution in [0.2, 0.25) is 0 Å². The highest BCUT2D eigenvalue weighted by atomic mass is 19.4. The van der Waals surface area contributed by atoms with E-state index in [1.165, 1.54) is 19.1 Å². The fourth-order valence-electron chi connectivity index (χ4n) is 4.05. The minimum Gasteiger partial charge on any atom is -0.485 e. The number of imidazole rings is 1. The molecule has 0 atom stereocenters. The van der Waals surface area contributed by atoms with Gasteiger partial charge in [-0.2, -0.15) is 17.9 Å². The molecule has 6 nitrogen and oxygen atoms in total. The molecule has 0 aliphatic heterocycles. The van der Waals surface area contributed by atoms with Gasteiger partial charge in [-0.1, -0.05) is 36.4 Å². The molecule has 0 bridgehead atoms. The fraction of sp³-hybridized carbons (Fsp3) is 0.192. The highest BCUT2D eigenvalue weighted by Crippen LogP contribution is 2.34. The highest BCUT2D eigenvalue weighted by Gasteiger charge is 2.32. The molecule has 9 heteroatoms. The first-order valence-electron chi connectivity index (χ1n) is 11.0. The smallest absolute Gasteiger partial charge is 0.416 e. The van der Waals surface area contributed by atoms with Gasteiger partial charge in [0.2, 0.25) is 5.95 Å². The molecule has 0 aliphatic rings. The second-order valence-corrected chi connectivity index (χ2v) is 8.30. The first-order valence-corrected chi connectivity index (χ1v) is 11.0. The summed E-state index contributed by atoms with van der Waals surface area (Å²) in [6.07, 6.45) is -4.43. The Balaban J connectivity index is 1.61. The van der Waals surface area contributed by atoms with Gasteiger partial charge in [0.1, 0.15) is 12.4 Å². The van der Waals surface area contributed by atoms with Crippen molar-refractivity contribution in [3.63, 3.8) is 0 Å². The highest BCUT2D eigenvalue weighted by molar-refractivity contribution is 5.77. The van der Waals surface area contributed by atoms with Crippen LogP contribution in [0, 0.1) is 13.8 Å². The zero-order valence-corrected chi connectivity index (χ0v) is 19.3. The molecule has 5 rings (SSSR count). The van der Waals surface area contributed by atoms with Crippen LogP contribution < -0.4 is 4.74 Å². The first-order chi connectivity index (χ1) is 16.7. The Kier molecular flexibility index (Phi) is 5.55. The van der Waals surface area contributed by atoms with Gasteiger partial charge in [-0.25, -0.2) is 9.97 Å². The molecule has 5 aromatic rings. The molecule has 3 aromatic carbocycles. The number of alkyl halides is 3. The minimum absolute atomic E-state index is 0.0917. The Bertz CT molecular complexity index is 1530. The van der Waals surface area contributed by atoms with Gasteiger partial charge in [0.15, 0.2) is 11.6 Å². The first kappa shape index (κ1) is 22.6. The molecule has 0 saturated heterocycles. The lowest BCUT2D eigenvalue weighted by atomic mass is 10.0. The van der Waals surface area contributed by atoms with Gasteiger partial charge in [0.25, 0.3) is 0 Å². The summed E-state index contributed by atoms with van der Waals surface area (Å²) in [5.41, 5.74) is 2.56. The fourth-order valence-corrected chi connectivity index (χ4v) is 4.05. The average Bonchev–Trinajstić information content (AvgIpc) is 3.39. The summed E-state index contributed by atoms with van der Waals surface area (Å²) in [4.78, 5) is 9.33. The molecular weight excluding hydrogens is 455 g/mol. The average molecular weight is 477 g/mol. The molecule has 0 amide bonds. The number of para-hydroxylation sites is 3. The Hall–Kier alpha value is -4.14. The Morgan fingerprint density at radius 2 is 1.63 bits per heavy atom. The summed E-state index contributed by atoms with van der Waals surface area (Å²) in [5, 5.41) is 4.63. The molecule has 0 spiro atoms. The number of hydrogen-bond acceptors (Lipinski definition) is 4. The van der Waals surface area contributed by atoms with E-state index >= 15 is 0 Å². The predicted molar refractivity (Wildman–Crippen MR) is 126 cm³/mol. The number of rotatable bonds is 5. The molecule has 2 aromatic heterocycles. The number of halogens is 3. The van der Waals surface area contributed by atoms with Crippen LogP contribution in [0.5, 0.6) is 5.75 Å². The van der Waals surface area contributed by atoms with E-state index in [2.05, 4.69) is 10.1 Å². The summed E-state index contributed by atoms with van der Waals surface area (Å²) >= 11 is 0. The third-order valence-electron chi connectivity index (χ3n) is 5.84. The van der Waals surface area contributed by atoms with Crippen molar-refractivity contribution in [1.29, 1.82) is 0 Å². The number of benzene rings is 3. The molecule has 0 radical (unpaired) electrons. The number of fused-ring (bicyclic) bond motifs is 1. The molecule has 0 aliphatic carbocycles. The van der Waals surface area contributed by atoms with Gasteiger partial charge in [-0.05, 0) is 55.3 Å². The van der Waals surface area contributed by atoms with E-state index in [1.54, 1.807) is 4.68 Å². The zero-order valence-electron chi connectivity index (χ0n) is 19.3. The quantitative estimate of drug-likeness (QED) is 0.310. The van der Waals surface area contributed by atoms with Gasteiger partial charge in [-0.15, -0.1) is 5.10 Å². The van der Waals surface area contributed by atoms with Gasteiger partial charge >= 0.3 is 6.18 Å². The molecule has 2 heterocycles. The largest absolute Gasteiger partial charge is 0.485 e. The van der Waals surface area contributed by atoms with Crippen molar-refractivity contribution in [2.75, 3.05) is 0 Å². The van der Waals surface area contributed by atoms with Crippen molar-refractivity contribution in [1.82, 2.24) is 24.3 Å².